The lowest BCUT2D eigenvalue weighted by Crippen LogP contribution is -2.47. The third-order valence-electron chi connectivity index (χ3n) is 6.77. The van der Waals surface area contributed by atoms with Crippen molar-refractivity contribution in [2.45, 2.75) is 29.3 Å². The van der Waals surface area contributed by atoms with E-state index in [4.69, 9.17) is 20.4 Å². The lowest BCUT2D eigenvalue weighted by atomic mass is 10.1. The van der Waals surface area contributed by atoms with E-state index in [1.807, 2.05) is 36.0 Å². The predicted octanol–water partition coefficient (Wildman–Crippen LogP) is 5.49. The predicted molar refractivity (Wildman–Crippen MR) is 178 cm³/mol. The van der Waals surface area contributed by atoms with E-state index < -0.39 is 35.6 Å². The van der Waals surface area contributed by atoms with Gasteiger partial charge in [0.05, 0.1) is 16.9 Å². The Labute approximate surface area is 284 Å². The number of halogens is 3. The van der Waals surface area contributed by atoms with Crippen molar-refractivity contribution in [1.82, 2.24) is 9.80 Å². The van der Waals surface area contributed by atoms with Crippen LogP contribution in [0, 0.1) is 0 Å². The Bertz CT molecular complexity index is 1380. The third-order valence-corrected chi connectivity index (χ3v) is 8.78. The number of aliphatic carboxylic acids is 4. The van der Waals surface area contributed by atoms with Crippen LogP contribution >= 0.6 is 23.5 Å². The molecule has 2 aliphatic rings. The SMILES string of the molecule is CCSCCN1CCN(CCCN2c3ccccc3Sc3ccc(C(F)(F)F)cc32)CC1.O=C(O)C=CC(=O)O.O=C(O)C=CC(=O)O. The summed E-state index contributed by atoms with van der Waals surface area (Å²) in [6, 6.07) is 12.1. The van der Waals surface area contributed by atoms with Crippen molar-refractivity contribution < 1.29 is 52.8 Å². The second kappa shape index (κ2) is 20.4. The first-order chi connectivity index (χ1) is 22.7. The molecular weight excluding hydrogens is 675 g/mol. The summed E-state index contributed by atoms with van der Waals surface area (Å²) < 4.78 is 40.1. The second-order valence-corrected chi connectivity index (χ2v) is 12.6. The average molecular weight is 714 g/mol. The van der Waals surface area contributed by atoms with Gasteiger partial charge < -0.3 is 30.2 Å². The minimum Gasteiger partial charge on any atom is -0.478 e. The minimum atomic E-state index is -4.34. The van der Waals surface area contributed by atoms with E-state index in [9.17, 15) is 32.3 Å². The summed E-state index contributed by atoms with van der Waals surface area (Å²) in [6.07, 6.45) is -1.19. The summed E-state index contributed by atoms with van der Waals surface area (Å²) in [4.78, 5) is 47.3. The fraction of sp³-hybridized carbons (Fsp3) is 0.375. The fourth-order valence-electron chi connectivity index (χ4n) is 4.56. The van der Waals surface area contributed by atoms with Crippen LogP contribution in [0.25, 0.3) is 0 Å². The molecule has 0 atom stereocenters. The number of para-hydroxylation sites is 1. The van der Waals surface area contributed by atoms with E-state index in [-0.39, 0.29) is 0 Å². The summed E-state index contributed by atoms with van der Waals surface area (Å²) in [7, 11) is 0. The van der Waals surface area contributed by atoms with Gasteiger partial charge in [-0.25, -0.2) is 19.2 Å². The highest BCUT2D eigenvalue weighted by Gasteiger charge is 2.33. The van der Waals surface area contributed by atoms with E-state index in [1.165, 1.54) is 23.6 Å². The number of piperazine rings is 1. The first-order valence-electron chi connectivity index (χ1n) is 14.8. The van der Waals surface area contributed by atoms with Gasteiger partial charge in [0.1, 0.15) is 0 Å². The molecule has 0 radical (unpaired) electrons. The van der Waals surface area contributed by atoms with E-state index in [2.05, 4.69) is 21.6 Å². The molecule has 0 spiro atoms. The molecule has 1 saturated heterocycles. The van der Waals surface area contributed by atoms with E-state index in [0.29, 0.717) is 36.5 Å². The number of carboxylic acid groups (broad SMARTS) is 4. The first-order valence-corrected chi connectivity index (χ1v) is 16.7. The van der Waals surface area contributed by atoms with Gasteiger partial charge in [0.25, 0.3) is 0 Å². The Kier molecular flexibility index (Phi) is 17.1. The van der Waals surface area contributed by atoms with Gasteiger partial charge in [-0.05, 0) is 49.1 Å². The summed E-state index contributed by atoms with van der Waals surface area (Å²) in [5.41, 5.74) is 1.09. The average Bonchev–Trinajstić information content (AvgIpc) is 3.03. The number of benzene rings is 2. The summed E-state index contributed by atoms with van der Waals surface area (Å²) in [6.45, 7) is 9.38. The number of hydrogen-bond donors (Lipinski definition) is 4. The van der Waals surface area contributed by atoms with Gasteiger partial charge in [0.2, 0.25) is 0 Å². The summed E-state index contributed by atoms with van der Waals surface area (Å²) >= 11 is 3.54. The zero-order valence-electron chi connectivity index (χ0n) is 26.1. The maximum absolute atomic E-state index is 13.4. The molecule has 0 bridgehead atoms. The molecule has 0 saturated carbocycles. The summed E-state index contributed by atoms with van der Waals surface area (Å²) in [5, 5.41) is 31.2. The number of nitrogens with zero attached hydrogens (tertiary/aromatic N) is 3. The van der Waals surface area contributed by atoms with Crippen LogP contribution in [-0.4, -0.2) is 111 Å². The van der Waals surface area contributed by atoms with Gasteiger partial charge in [-0.15, -0.1) is 0 Å². The molecule has 48 heavy (non-hydrogen) atoms. The van der Waals surface area contributed by atoms with Gasteiger partial charge in [-0.2, -0.15) is 24.9 Å². The molecule has 16 heteroatoms. The van der Waals surface area contributed by atoms with Crippen molar-refractivity contribution in [3.63, 3.8) is 0 Å². The molecule has 0 unspecified atom stereocenters. The van der Waals surface area contributed by atoms with Gasteiger partial charge in [0.15, 0.2) is 0 Å². The zero-order valence-corrected chi connectivity index (χ0v) is 27.8. The van der Waals surface area contributed by atoms with E-state index in [1.54, 1.807) is 17.8 Å². The number of carboxylic acids is 4. The Morgan fingerprint density at radius 3 is 1.75 bits per heavy atom. The van der Waals surface area contributed by atoms with Crippen molar-refractivity contribution in [2.24, 2.45) is 0 Å². The molecule has 2 heterocycles. The van der Waals surface area contributed by atoms with Crippen LogP contribution in [0.4, 0.5) is 24.5 Å². The highest BCUT2D eigenvalue weighted by Crippen LogP contribution is 2.49. The number of anilines is 2. The lowest BCUT2D eigenvalue weighted by Gasteiger charge is -2.36. The molecule has 11 nitrogen and oxygen atoms in total. The molecule has 2 aliphatic heterocycles. The molecule has 4 N–H and O–H groups in total. The van der Waals surface area contributed by atoms with Crippen LogP contribution in [0.3, 0.4) is 0 Å². The maximum atomic E-state index is 13.4. The monoisotopic (exact) mass is 713 g/mol. The van der Waals surface area contributed by atoms with E-state index >= 15 is 0 Å². The minimum absolute atomic E-state index is 0.558. The highest BCUT2D eigenvalue weighted by molar-refractivity contribution is 7.99. The Morgan fingerprint density at radius 1 is 0.750 bits per heavy atom. The van der Waals surface area contributed by atoms with Crippen LogP contribution in [0.5, 0.6) is 0 Å². The maximum Gasteiger partial charge on any atom is 0.416 e. The fourth-order valence-corrected chi connectivity index (χ4v) is 6.31. The Balaban J connectivity index is 0.000000414. The normalized spacial score (nSPS) is 14.7. The van der Waals surface area contributed by atoms with Crippen molar-refractivity contribution in [1.29, 1.82) is 0 Å². The number of carbonyl (C=O) groups is 4. The molecule has 0 aromatic heterocycles. The number of fused-ring (bicyclic) bond motifs is 2. The lowest BCUT2D eigenvalue weighted by molar-refractivity contribution is -0.137. The van der Waals surface area contributed by atoms with Gasteiger partial charge in [-0.1, -0.05) is 30.8 Å². The largest absolute Gasteiger partial charge is 0.478 e. The molecule has 0 amide bonds. The topological polar surface area (TPSA) is 159 Å². The second-order valence-electron chi connectivity index (χ2n) is 10.2. The van der Waals surface area contributed by atoms with Gasteiger partial charge >= 0.3 is 30.1 Å². The quantitative estimate of drug-likeness (QED) is 0.162. The van der Waals surface area contributed by atoms with Crippen molar-refractivity contribution >= 4 is 58.8 Å². The standard InChI is InChI=1S/C24H30F3N3S2.2C4H4O4/c1-2-31-17-16-29-14-12-28(13-15-29)10-5-11-30-20-6-3-4-7-22(20)32-23-9-8-19(18-21(23)30)24(25,26)27;2*5-3(6)1-2-4(7)8/h3-4,6-9,18H,2,5,10-17H2,1H3;2*1-2H,(H,5,6)(H,7,8). The number of thioether (sulfide) groups is 1. The van der Waals surface area contributed by atoms with Crippen LogP contribution < -0.4 is 4.90 Å². The summed E-state index contributed by atoms with van der Waals surface area (Å²) in [5.74, 6) is -2.66. The molecule has 2 aromatic carbocycles. The van der Waals surface area contributed by atoms with Crippen molar-refractivity contribution in [3.05, 3.63) is 72.3 Å². The smallest absolute Gasteiger partial charge is 0.416 e. The molecule has 2 aromatic rings. The molecule has 1 fully saturated rings. The number of alkyl halides is 3. The number of hydrogen-bond acceptors (Lipinski definition) is 9. The van der Waals surface area contributed by atoms with Crippen LogP contribution in [0.15, 0.2) is 76.6 Å². The first kappa shape index (κ1) is 40.2. The van der Waals surface area contributed by atoms with Crippen LogP contribution in [0.1, 0.15) is 18.9 Å². The Hall–Kier alpha value is -3.99. The molecule has 0 aliphatic carbocycles. The van der Waals surface area contributed by atoms with Crippen LogP contribution in [-0.2, 0) is 25.4 Å². The molecule has 4 rings (SSSR count). The van der Waals surface area contributed by atoms with Crippen molar-refractivity contribution in [2.75, 3.05) is 62.2 Å². The van der Waals surface area contributed by atoms with Gasteiger partial charge in [-0.3, -0.25) is 4.90 Å². The highest BCUT2D eigenvalue weighted by atomic mass is 32.2. The zero-order chi connectivity index (χ0) is 35.7. The van der Waals surface area contributed by atoms with E-state index in [0.717, 1.165) is 61.2 Å². The molecule has 262 valence electrons. The van der Waals surface area contributed by atoms with Gasteiger partial charge in [0, 0.05) is 79.1 Å². The van der Waals surface area contributed by atoms with Crippen molar-refractivity contribution in [3.8, 4) is 0 Å². The molecular formula is C32H38F3N3O8S2. The Morgan fingerprint density at radius 2 is 1.25 bits per heavy atom. The number of rotatable bonds is 12. The third kappa shape index (κ3) is 14.8. The van der Waals surface area contributed by atoms with Crippen LogP contribution in [0.2, 0.25) is 0 Å².